The van der Waals surface area contributed by atoms with E-state index in [2.05, 4.69) is 16.8 Å². The summed E-state index contributed by atoms with van der Waals surface area (Å²) in [7, 11) is 5.36. The third-order valence-corrected chi connectivity index (χ3v) is 4.90. The molecule has 0 amide bonds. The van der Waals surface area contributed by atoms with Gasteiger partial charge in [0.2, 0.25) is 11.8 Å². The van der Waals surface area contributed by atoms with E-state index in [0.717, 1.165) is 42.8 Å². The van der Waals surface area contributed by atoms with Crippen molar-refractivity contribution in [3.63, 3.8) is 0 Å². The minimum atomic E-state index is 0.506. The highest BCUT2D eigenvalue weighted by molar-refractivity contribution is 5.88. The van der Waals surface area contributed by atoms with Crippen LogP contribution in [-0.4, -0.2) is 62.3 Å². The summed E-state index contributed by atoms with van der Waals surface area (Å²) < 4.78 is 17.0. The quantitative estimate of drug-likeness (QED) is 0.674. The van der Waals surface area contributed by atoms with E-state index >= 15 is 0 Å². The van der Waals surface area contributed by atoms with Crippen molar-refractivity contribution in [2.24, 2.45) is 0 Å². The number of aromatic nitrogens is 2. The molecule has 1 fully saturated rings. The summed E-state index contributed by atoms with van der Waals surface area (Å²) in [6.07, 6.45) is 0. The standard InChI is InChI=1S/C21H24N4O3/c1-24-9-11-25(12-10-24)21-22-17-14-19(27-3)18(26-2)13-16(17)20(23-21)28-15-7-5-4-6-8-15/h4-8,13-14H,9-12H2,1-3H3. The second-order valence-corrected chi connectivity index (χ2v) is 6.76. The highest BCUT2D eigenvalue weighted by atomic mass is 16.5. The molecule has 7 heteroatoms. The Balaban J connectivity index is 1.82. The molecular formula is C21H24N4O3. The maximum atomic E-state index is 6.13. The van der Waals surface area contributed by atoms with Crippen molar-refractivity contribution in [1.29, 1.82) is 0 Å². The fourth-order valence-corrected chi connectivity index (χ4v) is 3.24. The topological polar surface area (TPSA) is 60.0 Å². The van der Waals surface area contributed by atoms with Gasteiger partial charge in [0.1, 0.15) is 5.75 Å². The molecular weight excluding hydrogens is 356 g/mol. The van der Waals surface area contributed by atoms with Gasteiger partial charge < -0.3 is 24.0 Å². The molecule has 0 radical (unpaired) electrons. The van der Waals surface area contributed by atoms with Crippen LogP contribution in [0.2, 0.25) is 0 Å². The van der Waals surface area contributed by atoms with E-state index in [1.165, 1.54) is 0 Å². The molecule has 1 aliphatic heterocycles. The number of fused-ring (bicyclic) bond motifs is 1. The first-order chi connectivity index (χ1) is 13.7. The maximum Gasteiger partial charge on any atom is 0.232 e. The van der Waals surface area contributed by atoms with Crippen molar-refractivity contribution < 1.29 is 14.2 Å². The first-order valence-electron chi connectivity index (χ1n) is 9.28. The van der Waals surface area contributed by atoms with Crippen LogP contribution in [0.1, 0.15) is 0 Å². The summed E-state index contributed by atoms with van der Waals surface area (Å²) in [5.41, 5.74) is 0.757. The van der Waals surface area contributed by atoms with Gasteiger partial charge in [-0.05, 0) is 25.2 Å². The molecule has 1 aliphatic rings. The number of nitrogens with zero attached hydrogens (tertiary/aromatic N) is 4. The minimum absolute atomic E-state index is 0.506. The van der Waals surface area contributed by atoms with Gasteiger partial charge >= 0.3 is 0 Å². The van der Waals surface area contributed by atoms with Crippen molar-refractivity contribution in [3.8, 4) is 23.1 Å². The molecule has 0 unspecified atom stereocenters. The van der Waals surface area contributed by atoms with E-state index in [1.807, 2.05) is 42.5 Å². The molecule has 28 heavy (non-hydrogen) atoms. The van der Waals surface area contributed by atoms with Gasteiger partial charge in [0.15, 0.2) is 11.5 Å². The van der Waals surface area contributed by atoms with Gasteiger partial charge in [-0.3, -0.25) is 0 Å². The van der Waals surface area contributed by atoms with Crippen LogP contribution >= 0.6 is 0 Å². The Hall–Kier alpha value is -3.06. The molecule has 2 aromatic carbocycles. The number of anilines is 1. The van der Waals surface area contributed by atoms with E-state index in [9.17, 15) is 0 Å². The van der Waals surface area contributed by atoms with Crippen LogP contribution < -0.4 is 19.1 Å². The summed E-state index contributed by atoms with van der Waals surface area (Å²) in [6, 6.07) is 13.4. The van der Waals surface area contributed by atoms with Crippen LogP contribution in [0.15, 0.2) is 42.5 Å². The van der Waals surface area contributed by atoms with Crippen molar-refractivity contribution in [2.45, 2.75) is 0 Å². The Bertz CT molecular complexity index is 957. The van der Waals surface area contributed by atoms with Crippen LogP contribution in [0.5, 0.6) is 23.1 Å². The number of hydrogen-bond donors (Lipinski definition) is 0. The number of methoxy groups -OCH3 is 2. The van der Waals surface area contributed by atoms with Gasteiger partial charge in [-0.15, -0.1) is 0 Å². The zero-order chi connectivity index (χ0) is 19.5. The lowest BCUT2D eigenvalue weighted by Crippen LogP contribution is -2.45. The summed E-state index contributed by atoms with van der Waals surface area (Å²) in [4.78, 5) is 14.0. The molecule has 0 N–H and O–H groups in total. The zero-order valence-corrected chi connectivity index (χ0v) is 16.4. The third kappa shape index (κ3) is 3.66. The number of rotatable bonds is 5. The number of ether oxygens (including phenoxy) is 3. The number of para-hydroxylation sites is 1. The predicted molar refractivity (Wildman–Crippen MR) is 109 cm³/mol. The van der Waals surface area contributed by atoms with Crippen LogP contribution in [-0.2, 0) is 0 Å². The van der Waals surface area contributed by atoms with Gasteiger partial charge in [-0.25, -0.2) is 4.98 Å². The number of hydrogen-bond acceptors (Lipinski definition) is 7. The molecule has 0 saturated carbocycles. The normalized spacial score (nSPS) is 14.9. The van der Waals surface area contributed by atoms with E-state index in [1.54, 1.807) is 14.2 Å². The van der Waals surface area contributed by atoms with Crippen LogP contribution in [0.3, 0.4) is 0 Å². The molecule has 0 bridgehead atoms. The molecule has 0 spiro atoms. The molecule has 7 nitrogen and oxygen atoms in total. The maximum absolute atomic E-state index is 6.13. The monoisotopic (exact) mass is 380 g/mol. The number of benzene rings is 2. The Kier molecular flexibility index (Phi) is 5.16. The van der Waals surface area contributed by atoms with Gasteiger partial charge in [-0.2, -0.15) is 4.98 Å². The molecule has 1 aromatic heterocycles. The van der Waals surface area contributed by atoms with Gasteiger partial charge in [-0.1, -0.05) is 18.2 Å². The van der Waals surface area contributed by atoms with Crippen molar-refractivity contribution >= 4 is 16.9 Å². The fourth-order valence-electron chi connectivity index (χ4n) is 3.24. The largest absolute Gasteiger partial charge is 0.493 e. The van der Waals surface area contributed by atoms with Crippen molar-refractivity contribution in [2.75, 3.05) is 52.3 Å². The summed E-state index contributed by atoms with van der Waals surface area (Å²) in [5.74, 6) is 3.14. The molecule has 3 aromatic rings. The first-order valence-corrected chi connectivity index (χ1v) is 9.28. The molecule has 1 saturated heterocycles. The lowest BCUT2D eigenvalue weighted by molar-refractivity contribution is 0.311. The van der Waals surface area contributed by atoms with Gasteiger partial charge in [0.25, 0.3) is 0 Å². The van der Waals surface area contributed by atoms with E-state index in [0.29, 0.717) is 23.3 Å². The molecule has 2 heterocycles. The minimum Gasteiger partial charge on any atom is -0.493 e. The lowest BCUT2D eigenvalue weighted by atomic mass is 10.2. The Morgan fingerprint density at radius 2 is 1.54 bits per heavy atom. The summed E-state index contributed by atoms with van der Waals surface area (Å²) in [6.45, 7) is 3.70. The van der Waals surface area contributed by atoms with Crippen molar-refractivity contribution in [1.82, 2.24) is 14.9 Å². The van der Waals surface area contributed by atoms with Gasteiger partial charge in [0.05, 0.1) is 25.1 Å². The highest BCUT2D eigenvalue weighted by Crippen LogP contribution is 2.37. The number of likely N-dealkylation sites (N-methyl/N-ethyl adjacent to an activating group) is 1. The Morgan fingerprint density at radius 3 is 2.21 bits per heavy atom. The number of piperazine rings is 1. The third-order valence-electron chi connectivity index (χ3n) is 4.90. The van der Waals surface area contributed by atoms with E-state index < -0.39 is 0 Å². The molecule has 146 valence electrons. The SMILES string of the molecule is COc1cc2nc(N3CCN(C)CC3)nc(Oc3ccccc3)c2cc1OC. The predicted octanol–water partition coefficient (Wildman–Crippen LogP) is 3.19. The summed E-state index contributed by atoms with van der Waals surface area (Å²) >= 11 is 0. The average Bonchev–Trinajstić information content (AvgIpc) is 2.74. The average molecular weight is 380 g/mol. The second kappa shape index (κ2) is 7.90. The van der Waals surface area contributed by atoms with Gasteiger partial charge in [0, 0.05) is 32.2 Å². The molecule has 0 atom stereocenters. The first kappa shape index (κ1) is 18.3. The Labute approximate surface area is 164 Å². The Morgan fingerprint density at radius 1 is 0.857 bits per heavy atom. The van der Waals surface area contributed by atoms with Crippen LogP contribution in [0.25, 0.3) is 10.9 Å². The zero-order valence-electron chi connectivity index (χ0n) is 16.4. The smallest absolute Gasteiger partial charge is 0.232 e. The van der Waals surface area contributed by atoms with Crippen LogP contribution in [0.4, 0.5) is 5.95 Å². The van der Waals surface area contributed by atoms with Crippen molar-refractivity contribution in [3.05, 3.63) is 42.5 Å². The summed E-state index contributed by atoms with van der Waals surface area (Å²) in [5, 5.41) is 0.777. The molecule has 4 rings (SSSR count). The van der Waals surface area contributed by atoms with Crippen LogP contribution in [0, 0.1) is 0 Å². The van der Waals surface area contributed by atoms with E-state index in [-0.39, 0.29) is 0 Å². The lowest BCUT2D eigenvalue weighted by Gasteiger charge is -2.32. The highest BCUT2D eigenvalue weighted by Gasteiger charge is 2.20. The second-order valence-electron chi connectivity index (χ2n) is 6.76. The fraction of sp³-hybridized carbons (Fsp3) is 0.333. The van der Waals surface area contributed by atoms with E-state index in [4.69, 9.17) is 24.2 Å². The molecule has 0 aliphatic carbocycles.